The van der Waals surface area contributed by atoms with Crippen molar-refractivity contribution in [2.24, 2.45) is 0 Å². The Kier molecular flexibility index (Phi) is 14.5. The second-order valence-corrected chi connectivity index (χ2v) is 3.98. The number of halogens is 1. The average molecular weight is 303 g/mol. The molecule has 2 nitrogen and oxygen atoms in total. The van der Waals surface area contributed by atoms with E-state index in [1.54, 1.807) is 27.4 Å². The van der Waals surface area contributed by atoms with E-state index < -0.39 is 0 Å². The molecule has 1 rings (SSSR count). The smallest absolute Gasteiger partial charge is 0.133 e. The SMILES string of the molecule is C=Cc1cccc(OC)c1Br.CCC.COC. The summed E-state index contributed by atoms with van der Waals surface area (Å²) in [6.07, 6.45) is 3.03. The first-order valence-corrected chi connectivity index (χ1v) is 6.27. The van der Waals surface area contributed by atoms with Gasteiger partial charge in [-0.1, -0.05) is 45.1 Å². The molecule has 98 valence electrons. The average Bonchev–Trinajstić information content (AvgIpc) is 2.31. The Morgan fingerprint density at radius 3 is 2.06 bits per heavy atom. The highest BCUT2D eigenvalue weighted by molar-refractivity contribution is 9.10. The summed E-state index contributed by atoms with van der Waals surface area (Å²) in [6.45, 7) is 7.93. The molecule has 3 heteroatoms. The maximum Gasteiger partial charge on any atom is 0.133 e. The maximum absolute atomic E-state index is 5.09. The molecule has 0 fully saturated rings. The van der Waals surface area contributed by atoms with Gasteiger partial charge in [0.05, 0.1) is 11.6 Å². The summed E-state index contributed by atoms with van der Waals surface area (Å²) in [7, 11) is 4.90. The molecule has 0 saturated carbocycles. The fraction of sp³-hybridized carbons (Fsp3) is 0.429. The first kappa shape index (κ1) is 18.6. The Balaban J connectivity index is 0. The van der Waals surface area contributed by atoms with Crippen molar-refractivity contribution in [3.8, 4) is 5.75 Å². The van der Waals surface area contributed by atoms with Gasteiger partial charge in [0.25, 0.3) is 0 Å². The molecule has 1 aromatic rings. The Labute approximate surface area is 114 Å². The van der Waals surface area contributed by atoms with Crippen molar-refractivity contribution in [1.82, 2.24) is 0 Å². The van der Waals surface area contributed by atoms with Gasteiger partial charge in [-0.15, -0.1) is 0 Å². The van der Waals surface area contributed by atoms with Gasteiger partial charge >= 0.3 is 0 Å². The van der Waals surface area contributed by atoms with E-state index in [1.165, 1.54) is 6.42 Å². The lowest BCUT2D eigenvalue weighted by molar-refractivity contribution is 0.277. The molecule has 0 aromatic heterocycles. The monoisotopic (exact) mass is 302 g/mol. The lowest BCUT2D eigenvalue weighted by Crippen LogP contribution is -1.85. The van der Waals surface area contributed by atoms with Crippen LogP contribution in [0.15, 0.2) is 29.3 Å². The number of hydrogen-bond donors (Lipinski definition) is 0. The Bertz CT molecular complexity index is 296. The summed E-state index contributed by atoms with van der Waals surface area (Å²) in [5.41, 5.74) is 1.05. The Hall–Kier alpha value is -0.800. The number of methoxy groups -OCH3 is 2. The zero-order valence-corrected chi connectivity index (χ0v) is 13.0. The molecule has 0 heterocycles. The van der Waals surface area contributed by atoms with Crippen LogP contribution in [-0.2, 0) is 4.74 Å². The van der Waals surface area contributed by atoms with E-state index in [-0.39, 0.29) is 0 Å². The molecular formula is C14H23BrO2. The van der Waals surface area contributed by atoms with Crippen molar-refractivity contribution in [2.45, 2.75) is 20.3 Å². The molecule has 0 aliphatic rings. The van der Waals surface area contributed by atoms with E-state index in [4.69, 9.17) is 4.74 Å². The third-order valence-corrected chi connectivity index (χ3v) is 2.28. The summed E-state index contributed by atoms with van der Waals surface area (Å²) < 4.78 is 10.3. The van der Waals surface area contributed by atoms with Crippen LogP contribution in [0.1, 0.15) is 25.8 Å². The third-order valence-electron chi connectivity index (χ3n) is 1.43. The largest absolute Gasteiger partial charge is 0.496 e. The fourth-order valence-corrected chi connectivity index (χ4v) is 1.43. The van der Waals surface area contributed by atoms with Gasteiger partial charge in [-0.25, -0.2) is 0 Å². The Morgan fingerprint density at radius 2 is 1.71 bits per heavy atom. The van der Waals surface area contributed by atoms with E-state index >= 15 is 0 Å². The maximum atomic E-state index is 5.09. The van der Waals surface area contributed by atoms with Crippen LogP contribution in [0.4, 0.5) is 0 Å². The van der Waals surface area contributed by atoms with Gasteiger partial charge in [-0.05, 0) is 27.6 Å². The van der Waals surface area contributed by atoms with E-state index in [0.717, 1.165) is 15.8 Å². The highest BCUT2D eigenvalue weighted by Crippen LogP contribution is 2.28. The van der Waals surface area contributed by atoms with Crippen LogP contribution in [0.5, 0.6) is 5.75 Å². The summed E-state index contributed by atoms with van der Waals surface area (Å²) in [4.78, 5) is 0. The normalized spacial score (nSPS) is 8.12. The summed E-state index contributed by atoms with van der Waals surface area (Å²) in [5, 5.41) is 0. The predicted octanol–water partition coefficient (Wildman–Crippen LogP) is 4.78. The summed E-state index contributed by atoms with van der Waals surface area (Å²) in [5.74, 6) is 0.836. The second kappa shape index (κ2) is 13.3. The minimum absolute atomic E-state index is 0.836. The zero-order valence-electron chi connectivity index (χ0n) is 11.4. The molecule has 0 bridgehead atoms. The summed E-state index contributed by atoms with van der Waals surface area (Å²) >= 11 is 3.41. The van der Waals surface area contributed by atoms with Crippen molar-refractivity contribution < 1.29 is 9.47 Å². The van der Waals surface area contributed by atoms with Crippen molar-refractivity contribution >= 4 is 22.0 Å². The van der Waals surface area contributed by atoms with Crippen molar-refractivity contribution in [2.75, 3.05) is 21.3 Å². The number of ether oxygens (including phenoxy) is 2. The van der Waals surface area contributed by atoms with Gasteiger partial charge in [-0.2, -0.15) is 0 Å². The molecule has 17 heavy (non-hydrogen) atoms. The van der Waals surface area contributed by atoms with Gasteiger partial charge in [0.15, 0.2) is 0 Å². The standard InChI is InChI=1S/C9H9BrO.C3H8.C2H6O/c1-3-7-5-4-6-8(11-2)9(7)10;2*1-3-2/h3-6H,1H2,2H3;3H2,1-2H3;1-2H3. The topological polar surface area (TPSA) is 18.5 Å². The second-order valence-electron chi connectivity index (χ2n) is 3.18. The Morgan fingerprint density at radius 1 is 1.24 bits per heavy atom. The first-order chi connectivity index (χ1) is 8.12. The number of benzene rings is 1. The highest BCUT2D eigenvalue weighted by atomic mass is 79.9. The summed E-state index contributed by atoms with van der Waals surface area (Å²) in [6, 6.07) is 5.80. The van der Waals surface area contributed by atoms with E-state index in [9.17, 15) is 0 Å². The van der Waals surface area contributed by atoms with Crippen LogP contribution in [0.3, 0.4) is 0 Å². The highest BCUT2D eigenvalue weighted by Gasteiger charge is 2.00. The minimum atomic E-state index is 0.836. The number of rotatable bonds is 2. The van der Waals surface area contributed by atoms with E-state index in [1.807, 2.05) is 18.2 Å². The van der Waals surface area contributed by atoms with E-state index in [0.29, 0.717) is 0 Å². The van der Waals surface area contributed by atoms with Gasteiger partial charge in [0.2, 0.25) is 0 Å². The molecule has 1 aromatic carbocycles. The van der Waals surface area contributed by atoms with Crippen LogP contribution >= 0.6 is 15.9 Å². The lowest BCUT2D eigenvalue weighted by Gasteiger charge is -2.04. The minimum Gasteiger partial charge on any atom is -0.496 e. The molecule has 0 spiro atoms. The molecule has 0 amide bonds. The molecule has 0 unspecified atom stereocenters. The lowest BCUT2D eigenvalue weighted by atomic mass is 10.2. The molecular weight excluding hydrogens is 280 g/mol. The van der Waals surface area contributed by atoms with Crippen LogP contribution in [0.25, 0.3) is 6.08 Å². The molecule has 0 saturated heterocycles. The van der Waals surface area contributed by atoms with Crippen LogP contribution in [0.2, 0.25) is 0 Å². The van der Waals surface area contributed by atoms with E-state index in [2.05, 4.69) is 41.1 Å². The quantitative estimate of drug-likeness (QED) is 0.783. The van der Waals surface area contributed by atoms with Gasteiger partial charge in [0, 0.05) is 14.2 Å². The van der Waals surface area contributed by atoms with Crippen molar-refractivity contribution in [3.05, 3.63) is 34.8 Å². The third kappa shape index (κ3) is 8.95. The van der Waals surface area contributed by atoms with Crippen molar-refractivity contribution in [3.63, 3.8) is 0 Å². The molecule has 0 atom stereocenters. The predicted molar refractivity (Wildman–Crippen MR) is 79.7 cm³/mol. The number of hydrogen-bond acceptors (Lipinski definition) is 2. The molecule has 0 N–H and O–H groups in total. The van der Waals surface area contributed by atoms with Gasteiger partial charge in [-0.3, -0.25) is 0 Å². The molecule has 0 radical (unpaired) electrons. The first-order valence-electron chi connectivity index (χ1n) is 5.47. The molecule has 0 aliphatic carbocycles. The fourth-order valence-electron chi connectivity index (χ4n) is 0.843. The molecule has 0 aliphatic heterocycles. The van der Waals surface area contributed by atoms with Crippen LogP contribution in [-0.4, -0.2) is 21.3 Å². The van der Waals surface area contributed by atoms with Crippen LogP contribution < -0.4 is 4.74 Å². The van der Waals surface area contributed by atoms with Gasteiger partial charge in [0.1, 0.15) is 5.75 Å². The zero-order chi connectivity index (χ0) is 13.7. The van der Waals surface area contributed by atoms with Crippen molar-refractivity contribution in [1.29, 1.82) is 0 Å². The van der Waals surface area contributed by atoms with Crippen LogP contribution in [0, 0.1) is 0 Å². The van der Waals surface area contributed by atoms with Gasteiger partial charge < -0.3 is 9.47 Å².